The third kappa shape index (κ3) is 3.29. The number of carbonyl (C=O) groups excluding carboxylic acids is 2. The number of rotatable bonds is 2. The third-order valence-electron chi connectivity index (χ3n) is 4.17. The summed E-state index contributed by atoms with van der Waals surface area (Å²) in [6, 6.07) is -0.499. The summed E-state index contributed by atoms with van der Waals surface area (Å²) in [5.41, 5.74) is -1.54. The molecular weight excluding hydrogens is 376 g/mol. The number of likely N-dealkylation sites (tertiary alicyclic amines) is 1. The lowest BCUT2D eigenvalue weighted by Crippen LogP contribution is -2.56. The summed E-state index contributed by atoms with van der Waals surface area (Å²) in [5.74, 6) is -0.986. The Morgan fingerprint density at radius 3 is 2.44 bits per heavy atom. The largest absolute Gasteiger partial charge is 0.444 e. The zero-order valence-electron chi connectivity index (χ0n) is 15.2. The van der Waals surface area contributed by atoms with Crippen LogP contribution in [0.2, 0.25) is 0 Å². The number of thiophene rings is 1. The first-order chi connectivity index (χ1) is 12.5. The molecule has 11 heteroatoms. The SMILES string of the molecule is Cc1c(C(=O)N=O)sc2[nH]c(=O)n(C3CN(C(=O)OC(C)(C)C)C3)c(=O)c12. The van der Waals surface area contributed by atoms with E-state index in [9.17, 15) is 24.1 Å². The molecule has 0 aromatic carbocycles. The highest BCUT2D eigenvalue weighted by molar-refractivity contribution is 7.20. The van der Waals surface area contributed by atoms with Crippen LogP contribution in [0.1, 0.15) is 42.0 Å². The number of amides is 2. The van der Waals surface area contributed by atoms with E-state index in [0.29, 0.717) is 5.56 Å². The second kappa shape index (κ2) is 6.41. The van der Waals surface area contributed by atoms with Gasteiger partial charge >= 0.3 is 17.7 Å². The van der Waals surface area contributed by atoms with Gasteiger partial charge in [-0.3, -0.25) is 19.1 Å². The highest BCUT2D eigenvalue weighted by atomic mass is 32.1. The molecule has 2 aromatic rings. The zero-order valence-corrected chi connectivity index (χ0v) is 16.0. The van der Waals surface area contributed by atoms with Crippen molar-refractivity contribution in [1.82, 2.24) is 14.5 Å². The van der Waals surface area contributed by atoms with Crippen LogP contribution < -0.4 is 11.2 Å². The molecule has 0 saturated carbocycles. The molecule has 1 N–H and O–H groups in total. The number of aryl methyl sites for hydroxylation is 1. The average Bonchev–Trinajstić information content (AvgIpc) is 2.83. The Bertz CT molecular complexity index is 1070. The molecule has 1 saturated heterocycles. The van der Waals surface area contributed by atoms with Gasteiger partial charge in [0.1, 0.15) is 15.3 Å². The number of carbonyl (C=O) groups is 2. The number of hydrogen-bond donors (Lipinski definition) is 1. The van der Waals surface area contributed by atoms with E-state index in [1.54, 1.807) is 20.8 Å². The average molecular weight is 394 g/mol. The minimum atomic E-state index is -0.986. The third-order valence-corrected chi connectivity index (χ3v) is 5.37. The van der Waals surface area contributed by atoms with Gasteiger partial charge in [-0.15, -0.1) is 16.2 Å². The van der Waals surface area contributed by atoms with Crippen LogP contribution in [0.5, 0.6) is 0 Å². The topological polar surface area (TPSA) is 131 Å². The molecule has 2 amide bonds. The van der Waals surface area contributed by atoms with E-state index in [-0.39, 0.29) is 28.2 Å². The molecule has 0 radical (unpaired) electrons. The first-order valence-corrected chi connectivity index (χ1v) is 8.98. The fourth-order valence-electron chi connectivity index (χ4n) is 2.90. The molecule has 0 aliphatic carbocycles. The molecule has 0 spiro atoms. The van der Waals surface area contributed by atoms with Gasteiger partial charge in [0.25, 0.3) is 5.56 Å². The Balaban J connectivity index is 1.93. The molecule has 1 aliphatic rings. The minimum Gasteiger partial charge on any atom is -0.444 e. The number of nitrogens with zero attached hydrogens (tertiary/aromatic N) is 3. The van der Waals surface area contributed by atoms with Crippen LogP contribution in [0.3, 0.4) is 0 Å². The summed E-state index contributed by atoms with van der Waals surface area (Å²) < 4.78 is 6.29. The number of hydrogen-bond acceptors (Lipinski definition) is 7. The van der Waals surface area contributed by atoms with Gasteiger partial charge in [0.05, 0.1) is 11.4 Å². The number of fused-ring (bicyclic) bond motifs is 1. The van der Waals surface area contributed by atoms with Gasteiger partial charge in [-0.1, -0.05) is 0 Å². The monoisotopic (exact) mass is 394 g/mol. The van der Waals surface area contributed by atoms with E-state index in [4.69, 9.17) is 4.74 Å². The Morgan fingerprint density at radius 1 is 1.26 bits per heavy atom. The highest BCUT2D eigenvalue weighted by Crippen LogP contribution is 2.28. The zero-order chi connectivity index (χ0) is 20.1. The lowest BCUT2D eigenvalue weighted by molar-refractivity contribution is 0.000182. The van der Waals surface area contributed by atoms with Gasteiger partial charge in [0.15, 0.2) is 0 Å². The molecule has 2 aromatic heterocycles. The highest BCUT2D eigenvalue weighted by Gasteiger charge is 2.37. The maximum atomic E-state index is 12.8. The Kier molecular flexibility index (Phi) is 4.50. The van der Waals surface area contributed by atoms with Crippen LogP contribution in [0.25, 0.3) is 10.2 Å². The molecular formula is C16H18N4O6S. The second-order valence-corrected chi connectivity index (χ2v) is 8.32. The summed E-state index contributed by atoms with van der Waals surface area (Å²) in [6.07, 6.45) is -0.513. The van der Waals surface area contributed by atoms with Crippen LogP contribution in [-0.4, -0.2) is 45.1 Å². The van der Waals surface area contributed by atoms with Crippen LogP contribution in [0, 0.1) is 11.8 Å². The normalized spacial score (nSPS) is 14.9. The van der Waals surface area contributed by atoms with E-state index < -0.39 is 34.9 Å². The molecule has 27 heavy (non-hydrogen) atoms. The molecule has 0 unspecified atom stereocenters. The molecule has 1 aliphatic heterocycles. The first kappa shape index (κ1) is 19.0. The van der Waals surface area contributed by atoms with Crippen molar-refractivity contribution >= 4 is 33.6 Å². The van der Waals surface area contributed by atoms with Crippen molar-refractivity contribution in [2.75, 3.05) is 13.1 Å². The Morgan fingerprint density at radius 2 is 1.89 bits per heavy atom. The predicted octanol–water partition coefficient (Wildman–Crippen LogP) is 1.76. The summed E-state index contributed by atoms with van der Waals surface area (Å²) in [6.45, 7) is 7.09. The lowest BCUT2D eigenvalue weighted by atomic mass is 10.1. The van der Waals surface area contributed by atoms with Crippen LogP contribution in [0.15, 0.2) is 14.8 Å². The smallest absolute Gasteiger partial charge is 0.410 e. The molecule has 144 valence electrons. The second-order valence-electron chi connectivity index (χ2n) is 7.30. The van der Waals surface area contributed by atoms with Crippen LogP contribution in [-0.2, 0) is 4.74 Å². The number of aromatic nitrogens is 2. The van der Waals surface area contributed by atoms with Crippen molar-refractivity contribution in [3.8, 4) is 0 Å². The van der Waals surface area contributed by atoms with Crippen molar-refractivity contribution in [2.45, 2.75) is 39.3 Å². The molecule has 3 rings (SSSR count). The van der Waals surface area contributed by atoms with Gasteiger partial charge in [-0.2, -0.15) is 0 Å². The molecule has 3 heterocycles. The fourth-order valence-corrected chi connectivity index (χ4v) is 3.97. The van der Waals surface area contributed by atoms with Crippen LogP contribution in [0.4, 0.5) is 4.79 Å². The standard InChI is InChI=1S/C16H18N4O6S/c1-7-9-12(27-10(7)11(21)18-25)17-14(23)20(13(9)22)8-5-19(6-8)15(24)26-16(2,3)4/h8H,5-6H2,1-4H3,(H,17,23). The van der Waals surface area contributed by atoms with E-state index in [1.807, 2.05) is 0 Å². The number of aromatic amines is 1. The van der Waals surface area contributed by atoms with Crippen molar-refractivity contribution < 1.29 is 14.3 Å². The lowest BCUT2D eigenvalue weighted by Gasteiger charge is -2.39. The Hall–Kier alpha value is -2.82. The van der Waals surface area contributed by atoms with Crippen molar-refractivity contribution in [3.63, 3.8) is 0 Å². The van der Waals surface area contributed by atoms with E-state index in [0.717, 1.165) is 15.9 Å². The van der Waals surface area contributed by atoms with Gasteiger partial charge in [-0.05, 0) is 33.3 Å². The number of H-pyrrole nitrogens is 1. The van der Waals surface area contributed by atoms with Crippen molar-refractivity contribution in [2.24, 2.45) is 5.18 Å². The molecule has 0 atom stereocenters. The van der Waals surface area contributed by atoms with E-state index in [1.165, 1.54) is 11.8 Å². The quantitative estimate of drug-likeness (QED) is 0.772. The summed E-state index contributed by atoms with van der Waals surface area (Å²) in [4.78, 5) is 63.5. The predicted molar refractivity (Wildman–Crippen MR) is 98.4 cm³/mol. The summed E-state index contributed by atoms with van der Waals surface area (Å²) in [7, 11) is 0. The van der Waals surface area contributed by atoms with E-state index in [2.05, 4.69) is 10.2 Å². The van der Waals surface area contributed by atoms with Gasteiger partial charge in [0, 0.05) is 18.3 Å². The van der Waals surface area contributed by atoms with Gasteiger partial charge < -0.3 is 9.64 Å². The Labute approximate surface area is 156 Å². The summed E-state index contributed by atoms with van der Waals surface area (Å²) in [5, 5.41) is 2.54. The fraction of sp³-hybridized carbons (Fsp3) is 0.500. The summed E-state index contributed by atoms with van der Waals surface area (Å²) >= 11 is 0.846. The minimum absolute atomic E-state index is 0.0227. The van der Waals surface area contributed by atoms with Gasteiger partial charge in [-0.25, -0.2) is 9.59 Å². The van der Waals surface area contributed by atoms with Crippen LogP contribution >= 0.6 is 11.3 Å². The molecule has 0 bridgehead atoms. The van der Waals surface area contributed by atoms with Crippen molar-refractivity contribution in [1.29, 1.82) is 0 Å². The number of ether oxygens (including phenoxy) is 1. The van der Waals surface area contributed by atoms with Crippen molar-refractivity contribution in [3.05, 3.63) is 36.2 Å². The maximum Gasteiger partial charge on any atom is 0.410 e. The maximum absolute atomic E-state index is 12.8. The van der Waals surface area contributed by atoms with Gasteiger partial charge in [0.2, 0.25) is 0 Å². The van der Waals surface area contributed by atoms with E-state index >= 15 is 0 Å². The molecule has 10 nitrogen and oxygen atoms in total. The molecule has 1 fully saturated rings. The first-order valence-electron chi connectivity index (χ1n) is 8.17. The number of nitroso groups, excluding NO2 is 1. The number of nitrogens with one attached hydrogen (secondary N) is 1.